The van der Waals surface area contributed by atoms with E-state index < -0.39 is 6.17 Å². The average Bonchev–Trinajstić information content (AvgIpc) is 2.57. The van der Waals surface area contributed by atoms with Crippen molar-refractivity contribution in [1.29, 1.82) is 0 Å². The fourth-order valence-electron chi connectivity index (χ4n) is 1.49. The van der Waals surface area contributed by atoms with Gasteiger partial charge in [-0.2, -0.15) is 0 Å². The Balaban J connectivity index is 2.20. The van der Waals surface area contributed by atoms with E-state index in [9.17, 15) is 4.39 Å². The lowest BCUT2D eigenvalue weighted by Crippen LogP contribution is -2.22. The van der Waals surface area contributed by atoms with E-state index >= 15 is 0 Å². The molecule has 5 heteroatoms. The lowest BCUT2D eigenvalue weighted by atomic mass is 10.3. The summed E-state index contributed by atoms with van der Waals surface area (Å²) in [5, 5.41) is 0. The first-order valence-corrected chi connectivity index (χ1v) is 5.34. The van der Waals surface area contributed by atoms with Gasteiger partial charge in [0, 0.05) is 12.7 Å². The van der Waals surface area contributed by atoms with Crippen LogP contribution in [0, 0.1) is 6.92 Å². The monoisotopic (exact) mass is 259 g/mol. The summed E-state index contributed by atoms with van der Waals surface area (Å²) in [7, 11) is 0. The topological polar surface area (TPSA) is 29.0 Å². The summed E-state index contributed by atoms with van der Waals surface area (Å²) in [5.41, 5.74) is 0.886. The Bertz CT molecular complexity index is 345. The van der Waals surface area contributed by atoms with Crippen molar-refractivity contribution in [2.24, 2.45) is 0 Å². The number of nitrogens with zero attached hydrogens (tertiary/aromatic N) is 3. The third-order valence-corrected chi connectivity index (χ3v) is 3.10. The molecule has 1 saturated heterocycles. The molecule has 1 aliphatic rings. The number of rotatable bonds is 1. The van der Waals surface area contributed by atoms with Crippen LogP contribution in [-0.2, 0) is 0 Å². The van der Waals surface area contributed by atoms with Gasteiger partial charge in [-0.3, -0.25) is 0 Å². The van der Waals surface area contributed by atoms with Crippen molar-refractivity contribution in [1.82, 2.24) is 9.97 Å². The molecule has 0 spiro atoms. The molecular formula is C9H11BrFN3. The summed E-state index contributed by atoms with van der Waals surface area (Å²) in [4.78, 5) is 10.3. The number of hydrogen-bond donors (Lipinski definition) is 0. The normalized spacial score (nSPS) is 21.6. The number of aromatic nitrogens is 2. The van der Waals surface area contributed by atoms with Gasteiger partial charge in [-0.15, -0.1) is 0 Å². The number of alkyl halides is 1. The lowest BCUT2D eigenvalue weighted by molar-refractivity contribution is 0.364. The molecule has 1 atom stereocenters. The molecule has 2 heterocycles. The minimum Gasteiger partial charge on any atom is -0.338 e. The third kappa shape index (κ3) is 1.87. The summed E-state index contributed by atoms with van der Waals surface area (Å²) in [6.07, 6.45) is 1.56. The van der Waals surface area contributed by atoms with Gasteiger partial charge in [0.05, 0.1) is 16.7 Å². The molecule has 1 aromatic heterocycles. The van der Waals surface area contributed by atoms with Gasteiger partial charge in [0.1, 0.15) is 6.17 Å². The summed E-state index contributed by atoms with van der Waals surface area (Å²) in [6, 6.07) is 0. The van der Waals surface area contributed by atoms with E-state index in [0.29, 0.717) is 25.5 Å². The van der Waals surface area contributed by atoms with Gasteiger partial charge in [0.15, 0.2) is 0 Å². The van der Waals surface area contributed by atoms with Crippen LogP contribution < -0.4 is 4.90 Å². The Morgan fingerprint density at radius 1 is 1.64 bits per heavy atom. The largest absolute Gasteiger partial charge is 0.338 e. The van der Waals surface area contributed by atoms with Gasteiger partial charge in [0.2, 0.25) is 5.95 Å². The molecule has 1 aliphatic heterocycles. The van der Waals surface area contributed by atoms with E-state index in [4.69, 9.17) is 0 Å². The maximum absolute atomic E-state index is 12.9. The van der Waals surface area contributed by atoms with Crippen LogP contribution >= 0.6 is 15.9 Å². The van der Waals surface area contributed by atoms with Crippen LogP contribution in [0.3, 0.4) is 0 Å². The average molecular weight is 260 g/mol. The van der Waals surface area contributed by atoms with Crippen molar-refractivity contribution in [3.8, 4) is 0 Å². The van der Waals surface area contributed by atoms with Crippen LogP contribution in [0.15, 0.2) is 10.7 Å². The lowest BCUT2D eigenvalue weighted by Gasteiger charge is -2.15. The molecule has 0 N–H and O–H groups in total. The Morgan fingerprint density at radius 3 is 3.00 bits per heavy atom. The maximum atomic E-state index is 12.9. The third-order valence-electron chi connectivity index (χ3n) is 2.32. The van der Waals surface area contributed by atoms with Gasteiger partial charge in [-0.1, -0.05) is 0 Å². The first-order valence-electron chi connectivity index (χ1n) is 4.55. The fourth-order valence-corrected chi connectivity index (χ4v) is 1.68. The van der Waals surface area contributed by atoms with Gasteiger partial charge in [-0.25, -0.2) is 14.4 Å². The van der Waals surface area contributed by atoms with Gasteiger partial charge in [-0.05, 0) is 29.3 Å². The van der Waals surface area contributed by atoms with E-state index in [1.165, 1.54) is 0 Å². The number of aryl methyl sites for hydroxylation is 1. The number of hydrogen-bond acceptors (Lipinski definition) is 3. The molecule has 14 heavy (non-hydrogen) atoms. The minimum absolute atomic E-state index is 0.418. The second kappa shape index (κ2) is 3.81. The van der Waals surface area contributed by atoms with Crippen molar-refractivity contribution in [2.75, 3.05) is 18.0 Å². The Morgan fingerprint density at radius 2 is 2.43 bits per heavy atom. The van der Waals surface area contributed by atoms with E-state index in [-0.39, 0.29) is 0 Å². The first-order chi connectivity index (χ1) is 6.66. The maximum Gasteiger partial charge on any atom is 0.225 e. The van der Waals surface area contributed by atoms with Gasteiger partial charge in [0.25, 0.3) is 0 Å². The van der Waals surface area contributed by atoms with E-state index in [0.717, 1.165) is 10.2 Å². The highest BCUT2D eigenvalue weighted by Gasteiger charge is 2.23. The molecule has 0 saturated carbocycles. The van der Waals surface area contributed by atoms with Crippen LogP contribution in [0.1, 0.15) is 12.1 Å². The van der Waals surface area contributed by atoms with E-state index in [1.807, 2.05) is 11.8 Å². The molecule has 1 unspecified atom stereocenters. The van der Waals surface area contributed by atoms with Crippen LogP contribution in [0.4, 0.5) is 10.3 Å². The summed E-state index contributed by atoms with van der Waals surface area (Å²) in [5.74, 6) is 0.630. The smallest absolute Gasteiger partial charge is 0.225 e. The standard InChI is InChI=1S/C9H11BrFN3/c1-6-8(10)4-12-9(13-6)14-3-2-7(11)5-14/h4,7H,2-3,5H2,1H3. The molecule has 3 nitrogen and oxygen atoms in total. The Labute approximate surface area is 90.5 Å². The molecule has 1 aromatic rings. The van der Waals surface area contributed by atoms with Gasteiger partial charge >= 0.3 is 0 Å². The van der Waals surface area contributed by atoms with E-state index in [1.54, 1.807) is 6.20 Å². The van der Waals surface area contributed by atoms with E-state index in [2.05, 4.69) is 25.9 Å². The second-order valence-corrected chi connectivity index (χ2v) is 4.29. The molecule has 0 amide bonds. The highest BCUT2D eigenvalue weighted by molar-refractivity contribution is 9.10. The van der Waals surface area contributed by atoms with Crippen LogP contribution in [0.25, 0.3) is 0 Å². The van der Waals surface area contributed by atoms with Crippen molar-refractivity contribution in [3.05, 3.63) is 16.4 Å². The quantitative estimate of drug-likeness (QED) is 0.774. The zero-order valence-electron chi connectivity index (χ0n) is 7.87. The van der Waals surface area contributed by atoms with Crippen molar-refractivity contribution < 1.29 is 4.39 Å². The number of halogens is 2. The van der Waals surface area contributed by atoms with Crippen LogP contribution in [0.5, 0.6) is 0 Å². The van der Waals surface area contributed by atoms with Crippen molar-refractivity contribution in [3.63, 3.8) is 0 Å². The fraction of sp³-hybridized carbons (Fsp3) is 0.556. The second-order valence-electron chi connectivity index (χ2n) is 3.44. The summed E-state index contributed by atoms with van der Waals surface area (Å²) < 4.78 is 13.8. The highest BCUT2D eigenvalue weighted by Crippen LogP contribution is 2.20. The van der Waals surface area contributed by atoms with Crippen molar-refractivity contribution >= 4 is 21.9 Å². The summed E-state index contributed by atoms with van der Waals surface area (Å²) in [6.45, 7) is 3.03. The predicted octanol–water partition coefficient (Wildman–Crippen LogP) is 2.10. The number of anilines is 1. The molecule has 76 valence electrons. The molecule has 0 radical (unpaired) electrons. The van der Waals surface area contributed by atoms with Crippen molar-refractivity contribution in [2.45, 2.75) is 19.5 Å². The molecule has 0 bridgehead atoms. The molecule has 0 aliphatic carbocycles. The molecule has 0 aromatic carbocycles. The zero-order chi connectivity index (χ0) is 10.1. The molecule has 2 rings (SSSR count). The molecular weight excluding hydrogens is 249 g/mol. The zero-order valence-corrected chi connectivity index (χ0v) is 9.46. The molecule has 1 fully saturated rings. The Kier molecular flexibility index (Phi) is 2.67. The minimum atomic E-state index is -0.734. The van der Waals surface area contributed by atoms with Crippen LogP contribution in [-0.4, -0.2) is 29.2 Å². The van der Waals surface area contributed by atoms with Crippen LogP contribution in [0.2, 0.25) is 0 Å². The first kappa shape index (κ1) is 9.83. The highest BCUT2D eigenvalue weighted by atomic mass is 79.9. The summed E-state index contributed by atoms with van der Waals surface area (Å²) >= 11 is 3.33. The SMILES string of the molecule is Cc1nc(N2CCC(F)C2)ncc1Br. The van der Waals surface area contributed by atoms with Gasteiger partial charge < -0.3 is 4.90 Å². The predicted molar refractivity (Wildman–Crippen MR) is 56.2 cm³/mol. The Hall–Kier alpha value is -0.710.